The SMILES string of the molecule is CCc1ccc(N=Cc2cccc(OCc3ccccc3)c2)cc1. The van der Waals surface area contributed by atoms with E-state index in [-0.39, 0.29) is 0 Å². The lowest BCUT2D eigenvalue weighted by atomic mass is 10.1. The van der Waals surface area contributed by atoms with Crippen LogP contribution in [0.4, 0.5) is 5.69 Å². The molecule has 0 aliphatic heterocycles. The molecule has 2 nitrogen and oxygen atoms in total. The summed E-state index contributed by atoms with van der Waals surface area (Å²) in [5, 5.41) is 0. The minimum Gasteiger partial charge on any atom is -0.489 e. The maximum Gasteiger partial charge on any atom is 0.120 e. The number of nitrogens with zero attached hydrogens (tertiary/aromatic N) is 1. The van der Waals surface area contributed by atoms with Gasteiger partial charge in [0, 0.05) is 6.21 Å². The summed E-state index contributed by atoms with van der Waals surface area (Å²) in [4.78, 5) is 4.53. The van der Waals surface area contributed by atoms with Crippen LogP contribution in [0.1, 0.15) is 23.6 Å². The molecule has 0 heterocycles. The summed E-state index contributed by atoms with van der Waals surface area (Å²) >= 11 is 0. The Morgan fingerprint density at radius 3 is 2.38 bits per heavy atom. The molecule has 0 N–H and O–H groups in total. The van der Waals surface area contributed by atoms with Gasteiger partial charge in [-0.3, -0.25) is 4.99 Å². The molecule has 0 atom stereocenters. The van der Waals surface area contributed by atoms with Crippen molar-refractivity contribution in [1.29, 1.82) is 0 Å². The van der Waals surface area contributed by atoms with Crippen LogP contribution in [-0.2, 0) is 13.0 Å². The molecule has 0 amide bonds. The van der Waals surface area contributed by atoms with Crippen molar-refractivity contribution < 1.29 is 4.74 Å². The summed E-state index contributed by atoms with van der Waals surface area (Å²) in [6, 6.07) is 26.5. The van der Waals surface area contributed by atoms with E-state index < -0.39 is 0 Å². The first-order chi connectivity index (χ1) is 11.8. The van der Waals surface area contributed by atoms with Crippen molar-refractivity contribution in [3.05, 3.63) is 95.6 Å². The van der Waals surface area contributed by atoms with E-state index in [9.17, 15) is 0 Å². The van der Waals surface area contributed by atoms with Gasteiger partial charge in [0.1, 0.15) is 12.4 Å². The Labute approximate surface area is 143 Å². The first-order valence-electron chi connectivity index (χ1n) is 8.23. The van der Waals surface area contributed by atoms with Crippen LogP contribution in [0.2, 0.25) is 0 Å². The zero-order valence-electron chi connectivity index (χ0n) is 13.9. The molecule has 3 rings (SSSR count). The number of aryl methyl sites for hydroxylation is 1. The summed E-state index contributed by atoms with van der Waals surface area (Å²) in [6.07, 6.45) is 2.92. The molecule has 3 aromatic carbocycles. The predicted molar refractivity (Wildman–Crippen MR) is 100 cm³/mol. The Hall–Kier alpha value is -2.87. The Morgan fingerprint density at radius 1 is 0.833 bits per heavy atom. The minimum absolute atomic E-state index is 0.569. The minimum atomic E-state index is 0.569. The second-order valence-electron chi connectivity index (χ2n) is 5.62. The average molecular weight is 315 g/mol. The van der Waals surface area contributed by atoms with Gasteiger partial charge >= 0.3 is 0 Å². The van der Waals surface area contributed by atoms with Crippen LogP contribution < -0.4 is 4.74 Å². The fraction of sp³-hybridized carbons (Fsp3) is 0.136. The Kier molecular flexibility index (Phi) is 5.41. The van der Waals surface area contributed by atoms with Gasteiger partial charge < -0.3 is 4.74 Å². The molecule has 0 spiro atoms. The highest BCUT2D eigenvalue weighted by Gasteiger charge is 1.97. The summed E-state index contributed by atoms with van der Waals surface area (Å²) < 4.78 is 5.85. The molecule has 0 fully saturated rings. The average Bonchev–Trinajstić information content (AvgIpc) is 2.66. The van der Waals surface area contributed by atoms with E-state index in [1.807, 2.05) is 60.8 Å². The van der Waals surface area contributed by atoms with Gasteiger partial charge in [-0.1, -0.05) is 61.5 Å². The van der Waals surface area contributed by atoms with Crippen LogP contribution >= 0.6 is 0 Å². The van der Waals surface area contributed by atoms with Gasteiger partial charge in [0.05, 0.1) is 5.69 Å². The van der Waals surface area contributed by atoms with Crippen molar-refractivity contribution in [2.24, 2.45) is 4.99 Å². The molecule has 0 saturated heterocycles. The van der Waals surface area contributed by atoms with E-state index >= 15 is 0 Å². The normalized spacial score (nSPS) is 10.9. The van der Waals surface area contributed by atoms with Crippen LogP contribution in [0.5, 0.6) is 5.75 Å². The van der Waals surface area contributed by atoms with Gasteiger partial charge in [0.25, 0.3) is 0 Å². The van der Waals surface area contributed by atoms with E-state index in [2.05, 4.69) is 36.2 Å². The quantitative estimate of drug-likeness (QED) is 0.544. The third-order valence-electron chi connectivity index (χ3n) is 3.81. The van der Waals surface area contributed by atoms with Crippen LogP contribution in [0.25, 0.3) is 0 Å². The van der Waals surface area contributed by atoms with Crippen LogP contribution in [-0.4, -0.2) is 6.21 Å². The number of hydrogen-bond acceptors (Lipinski definition) is 2. The van der Waals surface area contributed by atoms with Gasteiger partial charge in [-0.15, -0.1) is 0 Å². The van der Waals surface area contributed by atoms with Crippen LogP contribution in [0.15, 0.2) is 83.9 Å². The molecule has 0 aromatic heterocycles. The van der Waals surface area contributed by atoms with Gasteiger partial charge in [0.15, 0.2) is 0 Å². The lowest BCUT2D eigenvalue weighted by molar-refractivity contribution is 0.306. The molecule has 3 aromatic rings. The van der Waals surface area contributed by atoms with Crippen LogP contribution in [0, 0.1) is 0 Å². The molecule has 0 radical (unpaired) electrons. The second kappa shape index (κ2) is 8.11. The second-order valence-corrected chi connectivity index (χ2v) is 5.62. The largest absolute Gasteiger partial charge is 0.489 e. The van der Waals surface area contributed by atoms with Crippen molar-refractivity contribution in [2.75, 3.05) is 0 Å². The van der Waals surface area contributed by atoms with Crippen molar-refractivity contribution in [3.63, 3.8) is 0 Å². The van der Waals surface area contributed by atoms with Crippen molar-refractivity contribution in [3.8, 4) is 5.75 Å². The Balaban J connectivity index is 1.64. The number of hydrogen-bond donors (Lipinski definition) is 0. The summed E-state index contributed by atoms with van der Waals surface area (Å²) in [5.74, 6) is 0.851. The van der Waals surface area contributed by atoms with E-state index in [4.69, 9.17) is 4.74 Å². The molecule has 0 aliphatic carbocycles. The van der Waals surface area contributed by atoms with Crippen molar-refractivity contribution in [2.45, 2.75) is 20.0 Å². The van der Waals surface area contributed by atoms with E-state index in [0.717, 1.165) is 29.0 Å². The monoisotopic (exact) mass is 315 g/mol. The topological polar surface area (TPSA) is 21.6 Å². The first kappa shape index (κ1) is 16.0. The first-order valence-corrected chi connectivity index (χ1v) is 8.23. The number of ether oxygens (including phenoxy) is 1. The van der Waals surface area contributed by atoms with Crippen molar-refractivity contribution in [1.82, 2.24) is 0 Å². The molecular weight excluding hydrogens is 294 g/mol. The summed E-state index contributed by atoms with van der Waals surface area (Å²) in [5.41, 5.74) is 4.47. The Morgan fingerprint density at radius 2 is 1.62 bits per heavy atom. The highest BCUT2D eigenvalue weighted by molar-refractivity contribution is 5.82. The van der Waals surface area contributed by atoms with Crippen molar-refractivity contribution >= 4 is 11.9 Å². The number of aliphatic imine (C=N–C) groups is 1. The lowest BCUT2D eigenvalue weighted by Gasteiger charge is -2.06. The van der Waals surface area contributed by atoms with Gasteiger partial charge in [-0.25, -0.2) is 0 Å². The van der Waals surface area contributed by atoms with Gasteiger partial charge in [-0.05, 0) is 47.4 Å². The number of benzene rings is 3. The highest BCUT2D eigenvalue weighted by Crippen LogP contribution is 2.16. The zero-order chi connectivity index (χ0) is 16.6. The molecule has 0 bridgehead atoms. The third-order valence-corrected chi connectivity index (χ3v) is 3.81. The molecule has 0 saturated carbocycles. The third kappa shape index (κ3) is 4.56. The van der Waals surface area contributed by atoms with E-state index in [0.29, 0.717) is 6.61 Å². The molecular formula is C22H21NO. The molecule has 0 unspecified atom stereocenters. The van der Waals surface area contributed by atoms with Gasteiger partial charge in [0.2, 0.25) is 0 Å². The smallest absolute Gasteiger partial charge is 0.120 e. The lowest BCUT2D eigenvalue weighted by Crippen LogP contribution is -1.95. The zero-order valence-corrected chi connectivity index (χ0v) is 13.9. The van der Waals surface area contributed by atoms with E-state index in [1.54, 1.807) is 0 Å². The number of rotatable bonds is 6. The van der Waals surface area contributed by atoms with Gasteiger partial charge in [-0.2, -0.15) is 0 Å². The predicted octanol–water partition coefficient (Wildman–Crippen LogP) is 5.58. The molecule has 24 heavy (non-hydrogen) atoms. The maximum atomic E-state index is 5.85. The fourth-order valence-corrected chi connectivity index (χ4v) is 2.39. The molecule has 2 heteroatoms. The summed E-state index contributed by atoms with van der Waals surface area (Å²) in [6.45, 7) is 2.72. The molecule has 120 valence electrons. The Bertz CT molecular complexity index is 792. The van der Waals surface area contributed by atoms with E-state index in [1.165, 1.54) is 5.56 Å². The van der Waals surface area contributed by atoms with Crippen LogP contribution in [0.3, 0.4) is 0 Å². The maximum absolute atomic E-state index is 5.85. The standard InChI is InChI=1S/C22H21NO/c1-2-18-11-13-21(14-12-18)23-16-20-9-6-10-22(15-20)24-17-19-7-4-3-5-8-19/h3-16H,2,17H2,1H3. The molecule has 0 aliphatic rings. The summed E-state index contributed by atoms with van der Waals surface area (Å²) in [7, 11) is 0. The fourth-order valence-electron chi connectivity index (χ4n) is 2.39. The highest BCUT2D eigenvalue weighted by atomic mass is 16.5.